The highest BCUT2D eigenvalue weighted by Gasteiger charge is 2.50. The molecule has 2 aromatic carbocycles. The van der Waals surface area contributed by atoms with Gasteiger partial charge in [-0.05, 0) is 30.2 Å². The Morgan fingerprint density at radius 1 is 0.846 bits per heavy atom. The number of benzene rings is 2. The molecule has 0 radical (unpaired) electrons. The lowest BCUT2D eigenvalue weighted by molar-refractivity contribution is -0.144. The monoisotopic (exact) mass is 344 g/mol. The third kappa shape index (κ3) is 2.15. The molecule has 1 amide bonds. The smallest absolute Gasteiger partial charge is 0.252 e. The van der Waals surface area contributed by atoms with E-state index in [2.05, 4.69) is 29.7 Å². The third-order valence-corrected chi connectivity index (χ3v) is 5.48. The van der Waals surface area contributed by atoms with E-state index in [1.165, 1.54) is 0 Å². The van der Waals surface area contributed by atoms with Crippen molar-refractivity contribution in [1.82, 2.24) is 9.47 Å². The molecular weight excluding hydrogens is 324 g/mol. The fourth-order valence-electron chi connectivity index (χ4n) is 4.26. The Kier molecular flexibility index (Phi) is 3.47. The van der Waals surface area contributed by atoms with Crippen molar-refractivity contribution in [2.75, 3.05) is 0 Å². The van der Waals surface area contributed by atoms with Crippen molar-refractivity contribution >= 4 is 5.91 Å². The van der Waals surface area contributed by atoms with Crippen LogP contribution in [0, 0.1) is 0 Å². The van der Waals surface area contributed by atoms with Gasteiger partial charge >= 0.3 is 0 Å². The van der Waals surface area contributed by atoms with Crippen molar-refractivity contribution in [3.05, 3.63) is 95.8 Å². The van der Waals surface area contributed by atoms with Gasteiger partial charge in [0.1, 0.15) is 12.1 Å². The highest BCUT2D eigenvalue weighted by atomic mass is 16.5. The number of hydrogen-bond donors (Lipinski definition) is 0. The molecule has 4 atom stereocenters. The van der Waals surface area contributed by atoms with Crippen LogP contribution in [0.25, 0.3) is 0 Å². The number of carbonyl (C=O) groups is 1. The minimum atomic E-state index is -0.335. The SMILES string of the molecule is C[C@H]1[C@@H](c2ccccc2)O[C@@H]2c3cccn3[C@H](c3ccccc3)C(=O)N21. The summed E-state index contributed by atoms with van der Waals surface area (Å²) in [6.07, 6.45) is 1.52. The molecule has 26 heavy (non-hydrogen) atoms. The number of aromatic nitrogens is 1. The van der Waals surface area contributed by atoms with Crippen LogP contribution in [-0.4, -0.2) is 21.4 Å². The molecular formula is C22H20N2O2. The third-order valence-electron chi connectivity index (χ3n) is 5.48. The Bertz CT molecular complexity index is 935. The summed E-state index contributed by atoms with van der Waals surface area (Å²) >= 11 is 0. The first kappa shape index (κ1) is 15.4. The van der Waals surface area contributed by atoms with Gasteiger partial charge in [-0.15, -0.1) is 0 Å². The summed E-state index contributed by atoms with van der Waals surface area (Å²) in [5.74, 6) is 0.0934. The molecule has 1 fully saturated rings. The Morgan fingerprint density at radius 2 is 1.50 bits per heavy atom. The molecule has 2 aliphatic heterocycles. The largest absolute Gasteiger partial charge is 0.342 e. The first-order valence-electron chi connectivity index (χ1n) is 9.00. The van der Waals surface area contributed by atoms with Gasteiger partial charge in [0.05, 0.1) is 11.7 Å². The zero-order valence-electron chi connectivity index (χ0n) is 14.5. The van der Waals surface area contributed by atoms with Crippen LogP contribution < -0.4 is 0 Å². The molecule has 0 N–H and O–H groups in total. The highest BCUT2D eigenvalue weighted by molar-refractivity contribution is 5.86. The fourth-order valence-corrected chi connectivity index (χ4v) is 4.26. The van der Waals surface area contributed by atoms with E-state index in [9.17, 15) is 4.79 Å². The summed E-state index contributed by atoms with van der Waals surface area (Å²) in [7, 11) is 0. The standard InChI is InChI=1S/C22H20N2O2/c1-15-20(17-11-6-3-7-12-17)26-22-18-13-8-14-23(18)19(21(25)24(15)22)16-9-4-2-5-10-16/h2-15,19-20,22H,1H3/t15-,19+,20-,22+/m0/s1. The average Bonchev–Trinajstić information content (AvgIpc) is 3.28. The van der Waals surface area contributed by atoms with Crippen molar-refractivity contribution in [3.63, 3.8) is 0 Å². The molecule has 3 heterocycles. The van der Waals surface area contributed by atoms with Crippen molar-refractivity contribution in [1.29, 1.82) is 0 Å². The van der Waals surface area contributed by atoms with Crippen molar-refractivity contribution in [2.45, 2.75) is 31.3 Å². The first-order chi connectivity index (χ1) is 12.8. The molecule has 2 aliphatic rings. The quantitative estimate of drug-likeness (QED) is 0.702. The first-order valence-corrected chi connectivity index (χ1v) is 9.00. The van der Waals surface area contributed by atoms with Gasteiger partial charge in [0.2, 0.25) is 0 Å². The van der Waals surface area contributed by atoms with Gasteiger partial charge in [-0.1, -0.05) is 60.7 Å². The predicted molar refractivity (Wildman–Crippen MR) is 98.3 cm³/mol. The zero-order valence-corrected chi connectivity index (χ0v) is 14.5. The second kappa shape index (κ2) is 5.85. The maximum atomic E-state index is 13.5. The lowest BCUT2D eigenvalue weighted by Crippen LogP contribution is -2.46. The van der Waals surface area contributed by atoms with Crippen LogP contribution in [0.5, 0.6) is 0 Å². The van der Waals surface area contributed by atoms with E-state index in [-0.39, 0.29) is 30.3 Å². The van der Waals surface area contributed by atoms with Crippen molar-refractivity contribution in [2.24, 2.45) is 0 Å². The van der Waals surface area contributed by atoms with Crippen molar-refractivity contribution < 1.29 is 9.53 Å². The summed E-state index contributed by atoms with van der Waals surface area (Å²) in [6.45, 7) is 2.08. The minimum absolute atomic E-state index is 0.0234. The Labute approximate surface area is 152 Å². The van der Waals surface area contributed by atoms with Gasteiger partial charge < -0.3 is 14.2 Å². The van der Waals surface area contributed by atoms with Crippen LogP contribution in [-0.2, 0) is 9.53 Å². The number of carbonyl (C=O) groups excluding carboxylic acids is 1. The minimum Gasteiger partial charge on any atom is -0.342 e. The number of amides is 1. The second-order valence-electron chi connectivity index (χ2n) is 6.96. The molecule has 1 saturated heterocycles. The lowest BCUT2D eigenvalue weighted by atomic mass is 9.99. The Hall–Kier alpha value is -2.85. The number of ether oxygens (including phenoxy) is 1. The van der Waals surface area contributed by atoms with Crippen molar-refractivity contribution in [3.8, 4) is 0 Å². The normalized spacial score (nSPS) is 27.3. The van der Waals surface area contributed by atoms with Gasteiger partial charge in [0.15, 0.2) is 6.23 Å². The molecule has 3 aromatic rings. The number of nitrogens with zero attached hydrogens (tertiary/aromatic N) is 2. The summed E-state index contributed by atoms with van der Waals surface area (Å²) in [6, 6.07) is 23.8. The summed E-state index contributed by atoms with van der Waals surface area (Å²) in [5, 5.41) is 0. The van der Waals surface area contributed by atoms with Crippen LogP contribution in [0.4, 0.5) is 0 Å². The Balaban J connectivity index is 1.60. The molecule has 0 spiro atoms. The molecule has 4 heteroatoms. The zero-order chi connectivity index (χ0) is 17.7. The van der Waals surface area contributed by atoms with Gasteiger partial charge in [0.25, 0.3) is 5.91 Å². The van der Waals surface area contributed by atoms with Crippen LogP contribution in [0.15, 0.2) is 79.0 Å². The van der Waals surface area contributed by atoms with Crippen LogP contribution >= 0.6 is 0 Å². The van der Waals surface area contributed by atoms with E-state index >= 15 is 0 Å². The maximum Gasteiger partial charge on any atom is 0.252 e. The van der Waals surface area contributed by atoms with Gasteiger partial charge in [-0.3, -0.25) is 4.79 Å². The van der Waals surface area contributed by atoms with E-state index in [0.29, 0.717) is 0 Å². The van der Waals surface area contributed by atoms with E-state index in [1.54, 1.807) is 0 Å². The number of rotatable bonds is 2. The summed E-state index contributed by atoms with van der Waals surface area (Å²) < 4.78 is 8.44. The van der Waals surface area contributed by atoms with E-state index < -0.39 is 0 Å². The van der Waals surface area contributed by atoms with E-state index in [4.69, 9.17) is 4.74 Å². The molecule has 4 nitrogen and oxygen atoms in total. The number of hydrogen-bond acceptors (Lipinski definition) is 2. The lowest BCUT2D eigenvalue weighted by Gasteiger charge is -2.37. The molecule has 0 unspecified atom stereocenters. The van der Waals surface area contributed by atoms with Gasteiger partial charge in [-0.25, -0.2) is 0 Å². The topological polar surface area (TPSA) is 34.5 Å². The Morgan fingerprint density at radius 3 is 2.19 bits per heavy atom. The average molecular weight is 344 g/mol. The summed E-state index contributed by atoms with van der Waals surface area (Å²) in [5.41, 5.74) is 3.14. The molecule has 5 rings (SSSR count). The van der Waals surface area contributed by atoms with Crippen LogP contribution in [0.1, 0.15) is 42.1 Å². The predicted octanol–water partition coefficient (Wildman–Crippen LogP) is 4.08. The second-order valence-corrected chi connectivity index (χ2v) is 6.96. The highest BCUT2D eigenvalue weighted by Crippen LogP contribution is 2.47. The van der Waals surface area contributed by atoms with Gasteiger partial charge in [-0.2, -0.15) is 0 Å². The number of fused-ring (bicyclic) bond motifs is 3. The molecule has 0 bridgehead atoms. The van der Waals surface area contributed by atoms with Crippen LogP contribution in [0.3, 0.4) is 0 Å². The van der Waals surface area contributed by atoms with E-state index in [1.807, 2.05) is 65.7 Å². The van der Waals surface area contributed by atoms with E-state index in [0.717, 1.165) is 16.8 Å². The molecule has 130 valence electrons. The van der Waals surface area contributed by atoms with Gasteiger partial charge in [0, 0.05) is 6.20 Å². The maximum absolute atomic E-state index is 13.5. The summed E-state index contributed by atoms with van der Waals surface area (Å²) in [4.78, 5) is 15.4. The fraction of sp³-hybridized carbons (Fsp3) is 0.227. The molecule has 0 aliphatic carbocycles. The molecule has 0 saturated carbocycles. The molecule has 1 aromatic heterocycles. The van der Waals surface area contributed by atoms with Crippen LogP contribution in [0.2, 0.25) is 0 Å².